The lowest BCUT2D eigenvalue weighted by Crippen LogP contribution is -2.04. The summed E-state index contributed by atoms with van der Waals surface area (Å²) in [5.41, 5.74) is 9.18. The molecule has 0 saturated heterocycles. The monoisotopic (exact) mass is 872 g/mol. The average Bonchev–Trinajstić information content (AvgIpc) is 3.85. The Hall–Kier alpha value is -8.10. The van der Waals surface area contributed by atoms with Gasteiger partial charge in [-0.1, -0.05) is 127 Å². The van der Waals surface area contributed by atoms with Crippen molar-refractivity contribution in [3.63, 3.8) is 0 Å². The molecule has 0 aliphatic rings. The van der Waals surface area contributed by atoms with Crippen LogP contribution in [0.15, 0.2) is 206 Å². The molecule has 0 aliphatic carbocycles. The zero-order valence-electron chi connectivity index (χ0n) is 34.8. The van der Waals surface area contributed by atoms with Crippen LogP contribution in [0.25, 0.3) is 110 Å². The number of rotatable bonds is 5. The fourth-order valence-electron chi connectivity index (χ4n) is 10.0. The lowest BCUT2D eigenvalue weighted by molar-refractivity contribution is -0.138. The Morgan fingerprint density at radius 3 is 1.08 bits per heavy atom. The van der Waals surface area contributed by atoms with E-state index < -0.39 is 23.5 Å². The summed E-state index contributed by atoms with van der Waals surface area (Å²) in [6.45, 7) is 0. The largest absolute Gasteiger partial charge is 0.416 e. The van der Waals surface area contributed by atoms with Gasteiger partial charge in [0, 0.05) is 32.9 Å². The Labute approximate surface area is 373 Å². The number of alkyl halides is 6. The minimum Gasteiger partial charge on any atom is -0.309 e. The third-order valence-corrected chi connectivity index (χ3v) is 13.0. The Morgan fingerprint density at radius 2 is 0.606 bits per heavy atom. The first-order valence-corrected chi connectivity index (χ1v) is 21.5. The van der Waals surface area contributed by atoms with Gasteiger partial charge < -0.3 is 9.13 Å². The number of fused-ring (bicyclic) bond motifs is 8. The van der Waals surface area contributed by atoms with Crippen LogP contribution in [0.2, 0.25) is 0 Å². The average molecular weight is 873 g/mol. The van der Waals surface area contributed by atoms with Crippen molar-refractivity contribution in [2.45, 2.75) is 12.4 Å². The molecule has 66 heavy (non-hydrogen) atoms. The van der Waals surface area contributed by atoms with Crippen LogP contribution in [0.4, 0.5) is 26.3 Å². The second-order valence-corrected chi connectivity index (χ2v) is 16.7. The van der Waals surface area contributed by atoms with Crippen LogP contribution in [0, 0.1) is 0 Å². The van der Waals surface area contributed by atoms with Gasteiger partial charge in [0.25, 0.3) is 0 Å². The van der Waals surface area contributed by atoms with E-state index in [1.54, 1.807) is 4.57 Å². The molecule has 0 saturated carbocycles. The first-order chi connectivity index (χ1) is 32.0. The van der Waals surface area contributed by atoms with E-state index in [9.17, 15) is 26.3 Å². The van der Waals surface area contributed by atoms with Crippen LogP contribution >= 0.6 is 0 Å². The maximum absolute atomic E-state index is 13.8. The molecule has 12 rings (SSSR count). The van der Waals surface area contributed by atoms with Gasteiger partial charge in [-0.05, 0) is 134 Å². The number of benzene rings is 10. The van der Waals surface area contributed by atoms with Crippen LogP contribution in [-0.4, -0.2) is 9.13 Å². The lowest BCUT2D eigenvalue weighted by atomic mass is 9.86. The SMILES string of the molecule is FC(F)(F)c1ccc2c(c1)c1cc(C(F)(F)F)ccc1n2-c1ccc(-c2ccc3c(c2)c2ccccc2n3-c2ccc(-c3c4ccccc4c(-c4ccccc4)c4ccccc34)cc2)cc1. The molecule has 8 heteroatoms. The van der Waals surface area contributed by atoms with Crippen molar-refractivity contribution in [1.29, 1.82) is 0 Å². The highest BCUT2D eigenvalue weighted by Gasteiger charge is 2.33. The van der Waals surface area contributed by atoms with Crippen LogP contribution in [0.3, 0.4) is 0 Å². The summed E-state index contributed by atoms with van der Waals surface area (Å²) in [6, 6.07) is 65.3. The molecule has 2 nitrogen and oxygen atoms in total. The van der Waals surface area contributed by atoms with Crippen molar-refractivity contribution in [2.24, 2.45) is 0 Å². The number of para-hydroxylation sites is 1. The lowest BCUT2D eigenvalue weighted by Gasteiger charge is -2.18. The zero-order valence-corrected chi connectivity index (χ0v) is 34.8. The van der Waals surface area contributed by atoms with Crippen LogP contribution in [0.5, 0.6) is 0 Å². The zero-order chi connectivity index (χ0) is 44.9. The smallest absolute Gasteiger partial charge is 0.309 e. The summed E-state index contributed by atoms with van der Waals surface area (Å²) in [6.07, 6.45) is -9.32. The summed E-state index contributed by atoms with van der Waals surface area (Å²) in [5, 5.41) is 7.11. The Kier molecular flexibility index (Phi) is 8.81. The van der Waals surface area contributed by atoms with Gasteiger partial charge in [0.05, 0.1) is 33.2 Å². The highest BCUT2D eigenvalue weighted by Crippen LogP contribution is 2.45. The molecular formula is C58H34F6N2. The molecule has 10 aromatic carbocycles. The summed E-state index contributed by atoms with van der Waals surface area (Å²) >= 11 is 0. The third kappa shape index (κ3) is 6.27. The van der Waals surface area contributed by atoms with Gasteiger partial charge in [-0.25, -0.2) is 0 Å². The highest BCUT2D eigenvalue weighted by molar-refractivity contribution is 6.21. The summed E-state index contributed by atoms with van der Waals surface area (Å²) in [5.74, 6) is 0. The molecule has 0 radical (unpaired) electrons. The molecule has 0 aliphatic heterocycles. The molecule has 318 valence electrons. The molecule has 0 bridgehead atoms. The van der Waals surface area contributed by atoms with E-state index in [0.29, 0.717) is 16.7 Å². The molecule has 2 aromatic heterocycles. The maximum Gasteiger partial charge on any atom is 0.416 e. The molecule has 2 heterocycles. The number of nitrogens with zero attached hydrogens (tertiary/aromatic N) is 2. The normalized spacial score (nSPS) is 12.4. The van der Waals surface area contributed by atoms with Crippen molar-refractivity contribution in [2.75, 3.05) is 0 Å². The second kappa shape index (κ2) is 14.7. The number of aromatic nitrogens is 2. The van der Waals surface area contributed by atoms with E-state index in [0.717, 1.165) is 68.4 Å². The maximum atomic E-state index is 13.8. The second-order valence-electron chi connectivity index (χ2n) is 16.7. The standard InChI is InChI=1S/C58H34F6N2/c59-57(60,61)39-23-30-53-49(33-39)50-34-40(58(62,63)64)24-31-54(50)66(53)41-25-18-35(19-26-41)38-22-29-52-48(32-38)43-12-8-9-17-51(43)65(52)42-27-20-37(21-28-42)56-46-15-6-4-13-44(46)55(36-10-2-1-3-11-36)45-14-5-7-16-47(45)56/h1-34H. The topological polar surface area (TPSA) is 9.86 Å². The summed E-state index contributed by atoms with van der Waals surface area (Å²) in [7, 11) is 0. The van der Waals surface area contributed by atoms with Crippen molar-refractivity contribution >= 4 is 65.2 Å². The van der Waals surface area contributed by atoms with E-state index in [2.05, 4.69) is 132 Å². The van der Waals surface area contributed by atoms with E-state index >= 15 is 0 Å². The van der Waals surface area contributed by atoms with E-state index in [4.69, 9.17) is 0 Å². The molecular weight excluding hydrogens is 839 g/mol. The van der Waals surface area contributed by atoms with Gasteiger partial charge in [-0.2, -0.15) is 26.3 Å². The molecule has 12 aromatic rings. The van der Waals surface area contributed by atoms with E-state index in [-0.39, 0.29) is 10.8 Å². The van der Waals surface area contributed by atoms with Gasteiger partial charge in [-0.15, -0.1) is 0 Å². The molecule has 0 atom stereocenters. The Morgan fingerprint density at radius 1 is 0.258 bits per heavy atom. The molecule has 0 unspecified atom stereocenters. The van der Waals surface area contributed by atoms with E-state index in [1.165, 1.54) is 50.4 Å². The predicted octanol–water partition coefficient (Wildman–Crippen LogP) is 17.2. The van der Waals surface area contributed by atoms with Gasteiger partial charge in [0.1, 0.15) is 0 Å². The van der Waals surface area contributed by atoms with Crippen molar-refractivity contribution in [3.8, 4) is 44.8 Å². The summed E-state index contributed by atoms with van der Waals surface area (Å²) < 4.78 is 86.9. The minimum atomic E-state index is -4.66. The van der Waals surface area contributed by atoms with Crippen LogP contribution < -0.4 is 0 Å². The first kappa shape index (κ1) is 39.5. The van der Waals surface area contributed by atoms with Crippen molar-refractivity contribution in [3.05, 3.63) is 217 Å². The number of hydrogen-bond donors (Lipinski definition) is 0. The first-order valence-electron chi connectivity index (χ1n) is 21.5. The number of hydrogen-bond acceptors (Lipinski definition) is 0. The number of halogens is 6. The quantitative estimate of drug-likeness (QED) is 0.120. The third-order valence-electron chi connectivity index (χ3n) is 13.0. The minimum absolute atomic E-state index is 0.0889. The Balaban J connectivity index is 0.938. The van der Waals surface area contributed by atoms with Gasteiger partial charge >= 0.3 is 12.4 Å². The molecule has 0 N–H and O–H groups in total. The van der Waals surface area contributed by atoms with Crippen molar-refractivity contribution < 1.29 is 26.3 Å². The van der Waals surface area contributed by atoms with Crippen LogP contribution in [0.1, 0.15) is 11.1 Å². The fourth-order valence-corrected chi connectivity index (χ4v) is 10.0. The van der Waals surface area contributed by atoms with Gasteiger partial charge in [0.2, 0.25) is 0 Å². The van der Waals surface area contributed by atoms with Crippen molar-refractivity contribution in [1.82, 2.24) is 9.13 Å². The van der Waals surface area contributed by atoms with E-state index in [1.807, 2.05) is 42.5 Å². The predicted molar refractivity (Wildman–Crippen MR) is 256 cm³/mol. The molecule has 0 spiro atoms. The summed E-state index contributed by atoms with van der Waals surface area (Å²) in [4.78, 5) is 0. The van der Waals surface area contributed by atoms with Gasteiger partial charge in [-0.3, -0.25) is 0 Å². The molecule has 0 fully saturated rings. The van der Waals surface area contributed by atoms with Crippen LogP contribution in [-0.2, 0) is 12.4 Å². The molecule has 0 amide bonds. The van der Waals surface area contributed by atoms with Gasteiger partial charge in [0.15, 0.2) is 0 Å². The fraction of sp³-hybridized carbons (Fsp3) is 0.0345. The highest BCUT2D eigenvalue weighted by atomic mass is 19.4. The Bertz CT molecular complexity index is 3750.